The largest absolute Gasteiger partial charge is 0.466 e. The Morgan fingerprint density at radius 3 is 3.06 bits per heavy atom. The number of esters is 1. The van der Waals surface area contributed by atoms with Gasteiger partial charge >= 0.3 is 5.97 Å². The van der Waals surface area contributed by atoms with Gasteiger partial charge in [-0.2, -0.15) is 0 Å². The maximum atomic E-state index is 11.0. The first-order valence-electron chi connectivity index (χ1n) is 6.31. The molecular weight excluding hydrogens is 206 g/mol. The van der Waals surface area contributed by atoms with Gasteiger partial charge in [-0.1, -0.05) is 0 Å². The minimum absolute atomic E-state index is 0.117. The molecule has 1 fully saturated rings. The van der Waals surface area contributed by atoms with Crippen molar-refractivity contribution >= 4 is 5.97 Å². The molecule has 1 heterocycles. The van der Waals surface area contributed by atoms with Crippen molar-refractivity contribution in [1.29, 1.82) is 0 Å². The molecule has 1 rings (SSSR count). The average Bonchev–Trinajstić information content (AvgIpc) is 2.76. The van der Waals surface area contributed by atoms with Gasteiger partial charge in [-0.05, 0) is 39.2 Å². The summed E-state index contributed by atoms with van der Waals surface area (Å²) in [5.74, 6) is -0.117. The van der Waals surface area contributed by atoms with Crippen molar-refractivity contribution in [3.05, 3.63) is 0 Å². The molecule has 1 unspecified atom stereocenters. The Morgan fingerprint density at radius 1 is 1.50 bits per heavy atom. The zero-order chi connectivity index (χ0) is 11.6. The maximum Gasteiger partial charge on any atom is 0.307 e. The molecule has 1 N–H and O–H groups in total. The van der Waals surface area contributed by atoms with Gasteiger partial charge in [0.25, 0.3) is 0 Å². The first kappa shape index (κ1) is 13.5. The Balaban J connectivity index is 1.82. The van der Waals surface area contributed by atoms with Gasteiger partial charge in [0.15, 0.2) is 0 Å². The SMILES string of the molecule is CCOC(=O)CCNCCCC1CCCO1. The van der Waals surface area contributed by atoms with Gasteiger partial charge in [-0.3, -0.25) is 4.79 Å². The lowest BCUT2D eigenvalue weighted by Crippen LogP contribution is -2.21. The number of carbonyl (C=O) groups is 1. The zero-order valence-electron chi connectivity index (χ0n) is 10.2. The van der Waals surface area contributed by atoms with Crippen LogP contribution < -0.4 is 5.32 Å². The molecule has 0 aromatic rings. The van der Waals surface area contributed by atoms with Crippen molar-refractivity contribution < 1.29 is 14.3 Å². The number of carbonyl (C=O) groups excluding carboxylic acids is 1. The Hall–Kier alpha value is -0.610. The molecule has 0 aromatic heterocycles. The summed E-state index contributed by atoms with van der Waals surface area (Å²) in [6.45, 7) is 4.90. The topological polar surface area (TPSA) is 47.6 Å². The van der Waals surface area contributed by atoms with Crippen LogP contribution in [0, 0.1) is 0 Å². The van der Waals surface area contributed by atoms with Gasteiger partial charge in [-0.25, -0.2) is 0 Å². The third-order valence-corrected chi connectivity index (χ3v) is 2.71. The van der Waals surface area contributed by atoms with Crippen molar-refractivity contribution in [2.24, 2.45) is 0 Å². The predicted octanol–water partition coefficient (Wildman–Crippen LogP) is 1.49. The zero-order valence-corrected chi connectivity index (χ0v) is 10.2. The van der Waals surface area contributed by atoms with E-state index in [4.69, 9.17) is 9.47 Å². The summed E-state index contributed by atoms with van der Waals surface area (Å²) in [6.07, 6.45) is 5.61. The summed E-state index contributed by atoms with van der Waals surface area (Å²) < 4.78 is 10.4. The highest BCUT2D eigenvalue weighted by molar-refractivity contribution is 5.69. The second-order valence-corrected chi connectivity index (χ2v) is 4.08. The second kappa shape index (κ2) is 8.53. The summed E-state index contributed by atoms with van der Waals surface area (Å²) in [6, 6.07) is 0. The van der Waals surface area contributed by atoms with Crippen LogP contribution in [0.15, 0.2) is 0 Å². The number of ether oxygens (including phenoxy) is 2. The minimum atomic E-state index is -0.117. The number of hydrogen-bond donors (Lipinski definition) is 1. The summed E-state index contributed by atoms with van der Waals surface area (Å²) in [4.78, 5) is 11.0. The predicted molar refractivity (Wildman–Crippen MR) is 62.3 cm³/mol. The molecule has 0 radical (unpaired) electrons. The van der Waals surface area contributed by atoms with Gasteiger partial charge in [0.2, 0.25) is 0 Å². The van der Waals surface area contributed by atoms with Crippen LogP contribution in [0.2, 0.25) is 0 Å². The van der Waals surface area contributed by atoms with E-state index in [1.54, 1.807) is 0 Å². The van der Waals surface area contributed by atoms with E-state index in [2.05, 4.69) is 5.32 Å². The van der Waals surface area contributed by atoms with Crippen LogP contribution in [-0.2, 0) is 14.3 Å². The lowest BCUT2D eigenvalue weighted by Gasteiger charge is -2.09. The number of hydrogen-bond acceptors (Lipinski definition) is 4. The van der Waals surface area contributed by atoms with Crippen molar-refractivity contribution in [1.82, 2.24) is 5.32 Å². The highest BCUT2D eigenvalue weighted by atomic mass is 16.5. The van der Waals surface area contributed by atoms with Crippen molar-refractivity contribution in [3.8, 4) is 0 Å². The molecule has 0 aliphatic carbocycles. The molecule has 1 aliphatic rings. The minimum Gasteiger partial charge on any atom is -0.466 e. The summed E-state index contributed by atoms with van der Waals surface area (Å²) in [7, 11) is 0. The average molecular weight is 229 g/mol. The van der Waals surface area contributed by atoms with Crippen LogP contribution in [0.4, 0.5) is 0 Å². The quantitative estimate of drug-likeness (QED) is 0.506. The molecule has 0 spiro atoms. The van der Waals surface area contributed by atoms with Crippen LogP contribution in [0.25, 0.3) is 0 Å². The summed E-state index contributed by atoms with van der Waals surface area (Å²) >= 11 is 0. The van der Waals surface area contributed by atoms with E-state index in [9.17, 15) is 4.79 Å². The monoisotopic (exact) mass is 229 g/mol. The van der Waals surface area contributed by atoms with Crippen molar-refractivity contribution in [2.75, 3.05) is 26.3 Å². The fourth-order valence-electron chi connectivity index (χ4n) is 1.88. The Kier molecular flexibility index (Phi) is 7.17. The smallest absolute Gasteiger partial charge is 0.307 e. The van der Waals surface area contributed by atoms with E-state index in [0.29, 0.717) is 25.7 Å². The highest BCUT2D eigenvalue weighted by Gasteiger charge is 2.14. The summed E-state index contributed by atoms with van der Waals surface area (Å²) in [5, 5.41) is 3.24. The summed E-state index contributed by atoms with van der Waals surface area (Å²) in [5.41, 5.74) is 0. The molecule has 4 nitrogen and oxygen atoms in total. The first-order valence-corrected chi connectivity index (χ1v) is 6.31. The molecule has 0 saturated carbocycles. The third kappa shape index (κ3) is 6.08. The van der Waals surface area contributed by atoms with Crippen LogP contribution >= 0.6 is 0 Å². The fraction of sp³-hybridized carbons (Fsp3) is 0.917. The highest BCUT2D eigenvalue weighted by Crippen LogP contribution is 2.16. The van der Waals surface area contributed by atoms with E-state index in [1.165, 1.54) is 12.8 Å². The second-order valence-electron chi connectivity index (χ2n) is 4.08. The molecule has 0 bridgehead atoms. The van der Waals surface area contributed by atoms with Crippen molar-refractivity contribution in [3.63, 3.8) is 0 Å². The van der Waals surface area contributed by atoms with E-state index in [0.717, 1.165) is 26.0 Å². The van der Waals surface area contributed by atoms with Gasteiger partial charge in [0, 0.05) is 13.2 Å². The maximum absolute atomic E-state index is 11.0. The molecule has 16 heavy (non-hydrogen) atoms. The molecule has 0 amide bonds. The van der Waals surface area contributed by atoms with E-state index in [1.807, 2.05) is 6.92 Å². The standard InChI is InChI=1S/C12H23NO3/c1-2-15-12(14)7-9-13-8-3-5-11-6-4-10-16-11/h11,13H,2-10H2,1H3. The molecule has 4 heteroatoms. The Morgan fingerprint density at radius 2 is 2.38 bits per heavy atom. The van der Waals surface area contributed by atoms with E-state index >= 15 is 0 Å². The molecule has 0 aromatic carbocycles. The van der Waals surface area contributed by atoms with Gasteiger partial charge < -0.3 is 14.8 Å². The van der Waals surface area contributed by atoms with E-state index in [-0.39, 0.29) is 5.97 Å². The third-order valence-electron chi connectivity index (χ3n) is 2.71. The van der Waals surface area contributed by atoms with E-state index < -0.39 is 0 Å². The van der Waals surface area contributed by atoms with Crippen molar-refractivity contribution in [2.45, 2.75) is 45.1 Å². The first-order chi connectivity index (χ1) is 7.83. The Bertz CT molecular complexity index is 191. The van der Waals surface area contributed by atoms with Gasteiger partial charge in [0.1, 0.15) is 0 Å². The van der Waals surface area contributed by atoms with Crippen LogP contribution in [0.5, 0.6) is 0 Å². The van der Waals surface area contributed by atoms with Crippen LogP contribution in [0.1, 0.15) is 39.0 Å². The molecule has 1 atom stereocenters. The normalized spacial score (nSPS) is 19.9. The molecular formula is C12H23NO3. The molecule has 1 aliphatic heterocycles. The van der Waals surface area contributed by atoms with Gasteiger partial charge in [0.05, 0.1) is 19.1 Å². The van der Waals surface area contributed by atoms with Crippen LogP contribution in [-0.4, -0.2) is 38.4 Å². The molecule has 94 valence electrons. The fourth-order valence-corrected chi connectivity index (χ4v) is 1.88. The lowest BCUT2D eigenvalue weighted by atomic mass is 10.1. The van der Waals surface area contributed by atoms with Crippen LogP contribution in [0.3, 0.4) is 0 Å². The number of nitrogens with one attached hydrogen (secondary N) is 1. The molecule has 1 saturated heterocycles. The van der Waals surface area contributed by atoms with Gasteiger partial charge in [-0.15, -0.1) is 0 Å². The lowest BCUT2D eigenvalue weighted by molar-refractivity contribution is -0.142. The number of rotatable bonds is 8. The Labute approximate surface area is 97.7 Å².